The van der Waals surface area contributed by atoms with E-state index in [9.17, 15) is 5.11 Å². The van der Waals surface area contributed by atoms with Gasteiger partial charge < -0.3 is 9.84 Å². The van der Waals surface area contributed by atoms with Crippen LogP contribution in [0.1, 0.15) is 39.5 Å². The van der Waals surface area contributed by atoms with E-state index in [1.807, 2.05) is 6.08 Å². The lowest BCUT2D eigenvalue weighted by Crippen LogP contribution is -2.21. The smallest absolute Gasteiger partial charge is 0.0601 e. The zero-order valence-corrected chi connectivity index (χ0v) is 9.70. The second-order valence-electron chi connectivity index (χ2n) is 3.98. The monoisotopic (exact) mass is 200 g/mol. The summed E-state index contributed by atoms with van der Waals surface area (Å²) in [5, 5.41) is 9.63. The first-order chi connectivity index (χ1) is 6.63. The Balaban J connectivity index is 3.83. The van der Waals surface area contributed by atoms with Gasteiger partial charge in [-0.25, -0.2) is 0 Å². The Kier molecular flexibility index (Phi) is 7.81. The maximum absolute atomic E-state index is 9.63. The number of methoxy groups -OCH3 is 1. The number of aliphatic hydroxyl groups is 1. The van der Waals surface area contributed by atoms with Gasteiger partial charge in [0.25, 0.3) is 0 Å². The van der Waals surface area contributed by atoms with Crippen LogP contribution in [-0.4, -0.2) is 24.4 Å². The van der Waals surface area contributed by atoms with Gasteiger partial charge in [0.1, 0.15) is 0 Å². The summed E-state index contributed by atoms with van der Waals surface area (Å²) in [7, 11) is 1.71. The predicted molar refractivity (Wildman–Crippen MR) is 60.3 cm³/mol. The van der Waals surface area contributed by atoms with Crippen molar-refractivity contribution in [1.29, 1.82) is 0 Å². The van der Waals surface area contributed by atoms with Crippen LogP contribution in [0.5, 0.6) is 0 Å². The normalized spacial score (nSPS) is 17.4. The summed E-state index contributed by atoms with van der Waals surface area (Å²) in [6.07, 6.45) is 5.44. The van der Waals surface area contributed by atoms with E-state index in [0.29, 0.717) is 5.92 Å². The number of rotatable bonds is 8. The van der Waals surface area contributed by atoms with Crippen molar-refractivity contribution in [1.82, 2.24) is 0 Å². The third-order valence-electron chi connectivity index (χ3n) is 2.53. The molecule has 0 aromatic heterocycles. The zero-order chi connectivity index (χ0) is 11.0. The summed E-state index contributed by atoms with van der Waals surface area (Å²) in [5.74, 6) is 0.453. The van der Waals surface area contributed by atoms with Crippen molar-refractivity contribution in [3.63, 3.8) is 0 Å². The molecule has 0 aliphatic heterocycles. The molecule has 84 valence electrons. The van der Waals surface area contributed by atoms with Crippen LogP contribution in [0.3, 0.4) is 0 Å². The molecule has 0 fully saturated rings. The van der Waals surface area contributed by atoms with E-state index >= 15 is 0 Å². The molecule has 2 nitrogen and oxygen atoms in total. The molecular formula is C12H24O2. The molecule has 0 spiro atoms. The molecule has 2 heteroatoms. The van der Waals surface area contributed by atoms with Crippen molar-refractivity contribution in [2.24, 2.45) is 5.92 Å². The minimum Gasteiger partial charge on any atom is -0.393 e. The van der Waals surface area contributed by atoms with Gasteiger partial charge in [0.15, 0.2) is 0 Å². The molecule has 0 bridgehead atoms. The first-order valence-corrected chi connectivity index (χ1v) is 5.47. The van der Waals surface area contributed by atoms with Crippen LogP contribution >= 0.6 is 0 Å². The molecule has 14 heavy (non-hydrogen) atoms. The van der Waals surface area contributed by atoms with E-state index in [4.69, 9.17) is 4.74 Å². The maximum atomic E-state index is 9.63. The van der Waals surface area contributed by atoms with Gasteiger partial charge in [0.2, 0.25) is 0 Å². The van der Waals surface area contributed by atoms with Crippen LogP contribution < -0.4 is 0 Å². The summed E-state index contributed by atoms with van der Waals surface area (Å²) in [4.78, 5) is 0. The Bertz CT molecular complexity index is 145. The fraction of sp³-hybridized carbons (Fsp3) is 0.833. The highest BCUT2D eigenvalue weighted by Crippen LogP contribution is 2.15. The first kappa shape index (κ1) is 13.7. The third-order valence-corrected chi connectivity index (χ3v) is 2.53. The SMILES string of the molecule is C=C[C@@H](C)C[C@@H](C[C@@H](O)CCC)OC. The van der Waals surface area contributed by atoms with E-state index in [2.05, 4.69) is 20.4 Å². The van der Waals surface area contributed by atoms with Gasteiger partial charge in [0.05, 0.1) is 12.2 Å². The molecular weight excluding hydrogens is 176 g/mol. The summed E-state index contributed by atoms with van der Waals surface area (Å²) >= 11 is 0. The highest BCUT2D eigenvalue weighted by molar-refractivity contribution is 4.78. The molecule has 1 N–H and O–H groups in total. The lowest BCUT2D eigenvalue weighted by molar-refractivity contribution is 0.0322. The van der Waals surface area contributed by atoms with Crippen LogP contribution in [0, 0.1) is 5.92 Å². The zero-order valence-electron chi connectivity index (χ0n) is 9.70. The lowest BCUT2D eigenvalue weighted by Gasteiger charge is -2.20. The predicted octanol–water partition coefficient (Wildman–Crippen LogP) is 2.76. The van der Waals surface area contributed by atoms with Crippen molar-refractivity contribution in [2.45, 2.75) is 51.7 Å². The minimum atomic E-state index is -0.220. The van der Waals surface area contributed by atoms with Crippen LogP contribution in [0.4, 0.5) is 0 Å². The average molecular weight is 200 g/mol. The van der Waals surface area contributed by atoms with Crippen LogP contribution in [0.25, 0.3) is 0 Å². The van der Waals surface area contributed by atoms with Gasteiger partial charge in [-0.05, 0) is 25.2 Å². The topological polar surface area (TPSA) is 29.5 Å². The summed E-state index contributed by atoms with van der Waals surface area (Å²) in [6, 6.07) is 0. The number of allylic oxidation sites excluding steroid dienone is 1. The van der Waals surface area contributed by atoms with Gasteiger partial charge in [-0.3, -0.25) is 0 Å². The molecule has 0 aliphatic carbocycles. The Morgan fingerprint density at radius 2 is 2.07 bits per heavy atom. The largest absolute Gasteiger partial charge is 0.393 e. The van der Waals surface area contributed by atoms with Gasteiger partial charge >= 0.3 is 0 Å². The minimum absolute atomic E-state index is 0.157. The Hall–Kier alpha value is -0.340. The molecule has 0 aliphatic rings. The molecule has 3 atom stereocenters. The van der Waals surface area contributed by atoms with E-state index in [-0.39, 0.29) is 12.2 Å². The van der Waals surface area contributed by atoms with Crippen LogP contribution in [0.15, 0.2) is 12.7 Å². The van der Waals surface area contributed by atoms with Crippen molar-refractivity contribution in [2.75, 3.05) is 7.11 Å². The van der Waals surface area contributed by atoms with Gasteiger partial charge in [-0.2, -0.15) is 0 Å². The second-order valence-corrected chi connectivity index (χ2v) is 3.98. The van der Waals surface area contributed by atoms with Crippen molar-refractivity contribution >= 4 is 0 Å². The van der Waals surface area contributed by atoms with Crippen LogP contribution in [-0.2, 0) is 4.74 Å². The van der Waals surface area contributed by atoms with E-state index < -0.39 is 0 Å². The van der Waals surface area contributed by atoms with E-state index in [1.165, 1.54) is 0 Å². The number of aliphatic hydroxyl groups excluding tert-OH is 1. The first-order valence-electron chi connectivity index (χ1n) is 5.47. The Morgan fingerprint density at radius 1 is 1.43 bits per heavy atom. The highest BCUT2D eigenvalue weighted by Gasteiger charge is 2.15. The fourth-order valence-corrected chi connectivity index (χ4v) is 1.55. The van der Waals surface area contributed by atoms with Crippen molar-refractivity contribution < 1.29 is 9.84 Å². The average Bonchev–Trinajstić information content (AvgIpc) is 2.16. The summed E-state index contributed by atoms with van der Waals surface area (Å²) < 4.78 is 5.33. The highest BCUT2D eigenvalue weighted by atomic mass is 16.5. The number of hydrogen-bond donors (Lipinski definition) is 1. The number of hydrogen-bond acceptors (Lipinski definition) is 2. The number of ether oxygens (including phenoxy) is 1. The third kappa shape index (κ3) is 6.17. The van der Waals surface area contributed by atoms with Gasteiger partial charge in [0, 0.05) is 7.11 Å². The molecule has 0 aromatic carbocycles. The molecule has 0 heterocycles. The van der Waals surface area contributed by atoms with Crippen molar-refractivity contribution in [3.8, 4) is 0 Å². The van der Waals surface area contributed by atoms with Gasteiger partial charge in [-0.1, -0.05) is 26.3 Å². The van der Waals surface area contributed by atoms with E-state index in [0.717, 1.165) is 25.7 Å². The quantitative estimate of drug-likeness (QED) is 0.610. The molecule has 0 unspecified atom stereocenters. The maximum Gasteiger partial charge on any atom is 0.0601 e. The second kappa shape index (κ2) is 8.01. The van der Waals surface area contributed by atoms with E-state index in [1.54, 1.807) is 7.11 Å². The van der Waals surface area contributed by atoms with Gasteiger partial charge in [-0.15, -0.1) is 6.58 Å². The molecule has 0 saturated heterocycles. The molecule has 0 radical (unpaired) electrons. The molecule has 0 rings (SSSR count). The fourth-order valence-electron chi connectivity index (χ4n) is 1.55. The van der Waals surface area contributed by atoms with Crippen LogP contribution in [0.2, 0.25) is 0 Å². The molecule has 0 aromatic rings. The standard InChI is InChI=1S/C12H24O2/c1-5-7-11(13)9-12(14-4)8-10(3)6-2/h6,10-13H,2,5,7-9H2,1,3-4H3/t10-,11+,12+/m1/s1. The van der Waals surface area contributed by atoms with Crippen molar-refractivity contribution in [3.05, 3.63) is 12.7 Å². The summed E-state index contributed by atoms with van der Waals surface area (Å²) in [5.41, 5.74) is 0. The molecule has 0 amide bonds. The summed E-state index contributed by atoms with van der Waals surface area (Å²) in [6.45, 7) is 7.94. The Morgan fingerprint density at radius 3 is 2.50 bits per heavy atom. The molecule has 0 saturated carbocycles. The Labute approximate surface area is 88.0 Å². The lowest BCUT2D eigenvalue weighted by atomic mass is 9.98.